The highest BCUT2D eigenvalue weighted by atomic mass is 16.5. The first-order chi connectivity index (χ1) is 12.8. The van der Waals surface area contributed by atoms with E-state index < -0.39 is 34.8 Å². The quantitative estimate of drug-likeness (QED) is 0.549. The van der Waals surface area contributed by atoms with Crippen LogP contribution in [0.2, 0.25) is 0 Å². The molecular weight excluding hydrogens is 354 g/mol. The molecular formula is C18H21N3O6. The molecule has 2 saturated heterocycles. The van der Waals surface area contributed by atoms with Crippen molar-refractivity contribution in [3.05, 3.63) is 35.4 Å². The molecule has 0 bridgehead atoms. The van der Waals surface area contributed by atoms with E-state index in [1.54, 1.807) is 25.1 Å². The molecule has 9 nitrogen and oxygen atoms in total. The molecule has 9 heteroatoms. The van der Waals surface area contributed by atoms with Crippen molar-refractivity contribution in [2.24, 2.45) is 5.41 Å². The lowest BCUT2D eigenvalue weighted by Gasteiger charge is -2.33. The van der Waals surface area contributed by atoms with Crippen molar-refractivity contribution in [1.29, 1.82) is 0 Å². The van der Waals surface area contributed by atoms with Crippen LogP contribution in [0.25, 0.3) is 0 Å². The van der Waals surface area contributed by atoms with Gasteiger partial charge < -0.3 is 20.5 Å². The Morgan fingerprint density at radius 1 is 1.26 bits per heavy atom. The smallest absolute Gasteiger partial charge is 0.322 e. The molecule has 1 aromatic rings. The average molecular weight is 375 g/mol. The summed E-state index contributed by atoms with van der Waals surface area (Å²) in [7, 11) is 0. The van der Waals surface area contributed by atoms with Crippen LogP contribution in [0.1, 0.15) is 35.7 Å². The van der Waals surface area contributed by atoms with Gasteiger partial charge in [0.25, 0.3) is 11.8 Å². The van der Waals surface area contributed by atoms with Gasteiger partial charge >= 0.3 is 12.0 Å². The Hall–Kier alpha value is -2.94. The number of benzene rings is 1. The summed E-state index contributed by atoms with van der Waals surface area (Å²) in [4.78, 5) is 47.7. The molecule has 2 fully saturated rings. The Labute approximate surface area is 155 Å². The normalized spacial score (nSPS) is 24.0. The Kier molecular flexibility index (Phi) is 4.88. The van der Waals surface area contributed by atoms with Crippen LogP contribution in [-0.4, -0.2) is 48.7 Å². The number of imide groups is 1. The van der Waals surface area contributed by atoms with Crippen molar-refractivity contribution in [1.82, 2.24) is 16.0 Å². The summed E-state index contributed by atoms with van der Waals surface area (Å²) in [6, 6.07) is 5.72. The van der Waals surface area contributed by atoms with Gasteiger partial charge in [-0.3, -0.25) is 19.7 Å². The summed E-state index contributed by atoms with van der Waals surface area (Å²) in [5.74, 6) is -1.91. The van der Waals surface area contributed by atoms with Crippen LogP contribution in [0.3, 0.4) is 0 Å². The van der Waals surface area contributed by atoms with Crippen molar-refractivity contribution in [2.75, 3.05) is 19.8 Å². The third kappa shape index (κ3) is 3.50. The molecule has 0 aromatic heterocycles. The van der Waals surface area contributed by atoms with Crippen LogP contribution >= 0.6 is 0 Å². The van der Waals surface area contributed by atoms with E-state index in [1.165, 1.54) is 6.07 Å². The highest BCUT2D eigenvalue weighted by Gasteiger charge is 2.44. The number of nitrogens with one attached hydrogen (secondary N) is 3. The van der Waals surface area contributed by atoms with E-state index in [4.69, 9.17) is 4.74 Å². The van der Waals surface area contributed by atoms with E-state index in [0.29, 0.717) is 31.6 Å². The van der Waals surface area contributed by atoms with Gasteiger partial charge in [-0.2, -0.15) is 0 Å². The van der Waals surface area contributed by atoms with E-state index >= 15 is 0 Å². The largest absolute Gasteiger partial charge is 0.481 e. The average Bonchev–Trinajstić information content (AvgIpc) is 2.93. The number of rotatable bonds is 5. The summed E-state index contributed by atoms with van der Waals surface area (Å²) in [5.41, 5.74) is -1.58. The molecule has 4 amide bonds. The fourth-order valence-electron chi connectivity index (χ4n) is 3.30. The fraction of sp³-hybridized carbons (Fsp3) is 0.444. The zero-order valence-corrected chi connectivity index (χ0v) is 14.8. The van der Waals surface area contributed by atoms with Gasteiger partial charge in [-0.1, -0.05) is 12.1 Å². The predicted molar refractivity (Wildman–Crippen MR) is 92.9 cm³/mol. The van der Waals surface area contributed by atoms with Crippen molar-refractivity contribution >= 4 is 23.8 Å². The second-order valence-electron chi connectivity index (χ2n) is 6.99. The lowest BCUT2D eigenvalue weighted by molar-refractivity contribution is -0.154. The molecule has 144 valence electrons. The minimum Gasteiger partial charge on any atom is -0.481 e. The van der Waals surface area contributed by atoms with Crippen molar-refractivity contribution in [3.63, 3.8) is 0 Å². The van der Waals surface area contributed by atoms with Gasteiger partial charge in [0.2, 0.25) is 0 Å². The molecule has 3 rings (SSSR count). The molecule has 0 aliphatic carbocycles. The third-order valence-electron chi connectivity index (χ3n) is 5.24. The number of hydrogen-bond acceptors (Lipinski definition) is 5. The Morgan fingerprint density at radius 3 is 2.56 bits per heavy atom. The zero-order chi connectivity index (χ0) is 19.7. The fourth-order valence-corrected chi connectivity index (χ4v) is 3.30. The summed E-state index contributed by atoms with van der Waals surface area (Å²) in [6.45, 7) is 2.21. The Bertz CT molecular complexity index is 802. The van der Waals surface area contributed by atoms with Crippen molar-refractivity contribution in [2.45, 2.75) is 25.3 Å². The minimum absolute atomic E-state index is 0.0107. The van der Waals surface area contributed by atoms with Gasteiger partial charge in [-0.25, -0.2) is 4.79 Å². The Morgan fingerprint density at radius 2 is 1.96 bits per heavy atom. The van der Waals surface area contributed by atoms with Crippen LogP contribution < -0.4 is 16.0 Å². The van der Waals surface area contributed by atoms with Crippen LogP contribution in [0.4, 0.5) is 4.79 Å². The van der Waals surface area contributed by atoms with Crippen molar-refractivity contribution < 1.29 is 29.0 Å². The lowest BCUT2D eigenvalue weighted by atomic mass is 9.80. The number of ether oxygens (including phenoxy) is 1. The topological polar surface area (TPSA) is 134 Å². The molecule has 0 spiro atoms. The molecule has 2 aliphatic rings. The van der Waals surface area contributed by atoms with Gasteiger partial charge in [-0.05, 0) is 37.5 Å². The summed E-state index contributed by atoms with van der Waals surface area (Å²) in [6.07, 6.45) is 0.653. The Balaban J connectivity index is 1.75. The summed E-state index contributed by atoms with van der Waals surface area (Å²) >= 11 is 0. The van der Waals surface area contributed by atoms with Gasteiger partial charge in [0.15, 0.2) is 0 Å². The number of carboxylic acid groups (broad SMARTS) is 1. The molecule has 0 saturated carbocycles. The predicted octanol–water partition coefficient (Wildman–Crippen LogP) is 0.352. The van der Waals surface area contributed by atoms with Crippen LogP contribution in [0, 0.1) is 5.41 Å². The van der Waals surface area contributed by atoms with E-state index in [-0.39, 0.29) is 12.1 Å². The first-order valence-electron chi connectivity index (χ1n) is 8.60. The van der Waals surface area contributed by atoms with Gasteiger partial charge in [0, 0.05) is 25.3 Å². The lowest BCUT2D eigenvalue weighted by Crippen LogP contribution is -2.46. The number of carboxylic acids is 1. The standard InChI is InChI=1S/C18H21N3O6/c1-17(14(23)20-16(26)21-17)12-4-2-3-11(9-12)13(22)19-10-18(15(24)25)5-7-27-8-6-18/h2-4,9H,5-8,10H2,1H3,(H,19,22)(H,24,25)(H2,20,21,23,26). The monoisotopic (exact) mass is 375 g/mol. The van der Waals surface area contributed by atoms with Crippen LogP contribution in [0.15, 0.2) is 24.3 Å². The number of carbonyl (C=O) groups excluding carboxylic acids is 3. The maximum Gasteiger partial charge on any atom is 0.322 e. The SMILES string of the molecule is CC1(c2cccc(C(=O)NCC3(C(=O)O)CCOCC3)c2)NC(=O)NC1=O. The van der Waals surface area contributed by atoms with Crippen LogP contribution in [-0.2, 0) is 19.9 Å². The molecule has 27 heavy (non-hydrogen) atoms. The minimum atomic E-state index is -1.27. The van der Waals surface area contributed by atoms with Crippen LogP contribution in [0.5, 0.6) is 0 Å². The van der Waals surface area contributed by atoms with Gasteiger partial charge in [-0.15, -0.1) is 0 Å². The number of amides is 4. The maximum atomic E-state index is 12.5. The van der Waals surface area contributed by atoms with Gasteiger partial charge in [0.05, 0.1) is 5.41 Å². The zero-order valence-electron chi connectivity index (χ0n) is 14.8. The molecule has 0 radical (unpaired) electrons. The molecule has 2 heterocycles. The second kappa shape index (κ2) is 6.99. The highest BCUT2D eigenvalue weighted by Crippen LogP contribution is 2.30. The summed E-state index contributed by atoms with van der Waals surface area (Å²) in [5, 5.41) is 17.0. The van der Waals surface area contributed by atoms with E-state index in [2.05, 4.69) is 16.0 Å². The third-order valence-corrected chi connectivity index (χ3v) is 5.24. The van der Waals surface area contributed by atoms with Crippen molar-refractivity contribution in [3.8, 4) is 0 Å². The van der Waals surface area contributed by atoms with E-state index in [1.807, 2.05) is 0 Å². The first-order valence-corrected chi connectivity index (χ1v) is 8.60. The molecule has 1 aromatic carbocycles. The summed E-state index contributed by atoms with van der Waals surface area (Å²) < 4.78 is 5.22. The first kappa shape index (κ1) is 18.8. The number of urea groups is 1. The molecule has 2 aliphatic heterocycles. The molecule has 1 atom stereocenters. The molecule has 4 N–H and O–H groups in total. The van der Waals surface area contributed by atoms with Gasteiger partial charge in [0.1, 0.15) is 5.54 Å². The number of hydrogen-bond donors (Lipinski definition) is 4. The van der Waals surface area contributed by atoms with E-state index in [0.717, 1.165) is 0 Å². The number of aliphatic carboxylic acids is 1. The van der Waals surface area contributed by atoms with E-state index in [9.17, 15) is 24.3 Å². The number of carbonyl (C=O) groups is 4. The maximum absolute atomic E-state index is 12.5. The molecule has 1 unspecified atom stereocenters. The highest BCUT2D eigenvalue weighted by molar-refractivity contribution is 6.07. The second-order valence-corrected chi connectivity index (χ2v) is 6.99.